The van der Waals surface area contributed by atoms with Crippen LogP contribution in [0.4, 0.5) is 0 Å². The highest BCUT2D eigenvalue weighted by atomic mass is 16.3. The molecule has 0 radical (unpaired) electrons. The molecule has 13 heavy (non-hydrogen) atoms. The lowest BCUT2D eigenvalue weighted by Gasteiger charge is -2.56. The van der Waals surface area contributed by atoms with E-state index in [1.165, 1.54) is 12.8 Å². The lowest BCUT2D eigenvalue weighted by Crippen LogP contribution is -2.59. The van der Waals surface area contributed by atoms with Crippen LogP contribution in [0.1, 0.15) is 45.4 Å². The van der Waals surface area contributed by atoms with E-state index in [0.717, 1.165) is 25.7 Å². The summed E-state index contributed by atoms with van der Waals surface area (Å²) in [5, 5.41) is 19.3. The van der Waals surface area contributed by atoms with Crippen LogP contribution >= 0.6 is 0 Å². The number of rotatable bonds is 1. The molecule has 0 aromatic heterocycles. The van der Waals surface area contributed by atoms with Gasteiger partial charge in [-0.15, -0.1) is 0 Å². The largest absolute Gasteiger partial charge is 0.388 e. The van der Waals surface area contributed by atoms with Crippen molar-refractivity contribution in [2.45, 2.75) is 51.0 Å². The topological polar surface area (TPSA) is 44.0 Å². The van der Waals surface area contributed by atoms with Gasteiger partial charge in [0.1, 0.15) is 0 Å². The van der Waals surface area contributed by atoms with Crippen molar-refractivity contribution < 1.29 is 5.11 Å². The third-order valence-corrected chi connectivity index (χ3v) is 4.37. The normalized spacial score (nSPS) is 38.2. The standard InChI is InChI=1S/C11H17NO/c1-9(8-12)11(13)7-6-10(11)4-2-3-5-10/h9,13H,2-7H2,1H3. The maximum Gasteiger partial charge on any atom is 0.0858 e. The van der Waals surface area contributed by atoms with Crippen LogP contribution < -0.4 is 0 Å². The monoisotopic (exact) mass is 179 g/mol. The van der Waals surface area contributed by atoms with E-state index in [0.29, 0.717) is 0 Å². The van der Waals surface area contributed by atoms with Crippen LogP contribution in [0, 0.1) is 22.7 Å². The Morgan fingerprint density at radius 2 is 1.85 bits per heavy atom. The van der Waals surface area contributed by atoms with E-state index in [2.05, 4.69) is 6.07 Å². The molecule has 1 spiro atoms. The molecule has 0 amide bonds. The molecule has 0 aromatic rings. The molecule has 0 aromatic carbocycles. The SMILES string of the molecule is CC(C#N)C1(O)CCC12CCCC2. The van der Waals surface area contributed by atoms with Gasteiger partial charge < -0.3 is 5.11 Å². The first kappa shape index (κ1) is 9.02. The van der Waals surface area contributed by atoms with E-state index >= 15 is 0 Å². The molecule has 2 fully saturated rings. The number of nitriles is 1. The maximum absolute atomic E-state index is 10.4. The first-order chi connectivity index (χ1) is 6.15. The Morgan fingerprint density at radius 1 is 1.23 bits per heavy atom. The Morgan fingerprint density at radius 3 is 2.23 bits per heavy atom. The minimum atomic E-state index is -0.655. The summed E-state index contributed by atoms with van der Waals surface area (Å²) >= 11 is 0. The van der Waals surface area contributed by atoms with Crippen LogP contribution in [0.3, 0.4) is 0 Å². The second kappa shape index (κ2) is 2.72. The number of aliphatic hydroxyl groups is 1. The lowest BCUT2D eigenvalue weighted by atomic mass is 9.52. The summed E-state index contributed by atoms with van der Waals surface area (Å²) in [7, 11) is 0. The molecule has 2 nitrogen and oxygen atoms in total. The van der Waals surface area contributed by atoms with Crippen molar-refractivity contribution >= 4 is 0 Å². The molecule has 0 heterocycles. The first-order valence-corrected chi connectivity index (χ1v) is 5.27. The molecule has 2 aliphatic carbocycles. The van der Waals surface area contributed by atoms with Gasteiger partial charge in [0.05, 0.1) is 17.6 Å². The van der Waals surface area contributed by atoms with Gasteiger partial charge in [0.2, 0.25) is 0 Å². The Balaban J connectivity index is 2.20. The molecule has 0 aliphatic heterocycles. The molecule has 2 heteroatoms. The highest BCUT2D eigenvalue weighted by Gasteiger charge is 2.61. The van der Waals surface area contributed by atoms with E-state index in [-0.39, 0.29) is 11.3 Å². The van der Waals surface area contributed by atoms with E-state index < -0.39 is 5.60 Å². The first-order valence-electron chi connectivity index (χ1n) is 5.27. The van der Waals surface area contributed by atoms with Crippen LogP contribution in [0.25, 0.3) is 0 Å². The molecule has 72 valence electrons. The Kier molecular flexibility index (Phi) is 1.89. The van der Waals surface area contributed by atoms with Crippen molar-refractivity contribution in [1.29, 1.82) is 5.26 Å². The summed E-state index contributed by atoms with van der Waals surface area (Å²) in [6.45, 7) is 1.86. The average Bonchev–Trinajstić information content (AvgIpc) is 2.64. The van der Waals surface area contributed by atoms with Gasteiger partial charge in [-0.25, -0.2) is 0 Å². The van der Waals surface area contributed by atoms with Crippen molar-refractivity contribution in [3.8, 4) is 6.07 Å². The van der Waals surface area contributed by atoms with Crippen molar-refractivity contribution in [3.05, 3.63) is 0 Å². The molecule has 2 unspecified atom stereocenters. The third kappa shape index (κ3) is 0.971. The maximum atomic E-state index is 10.4. The Hall–Kier alpha value is -0.550. The number of hydrogen-bond donors (Lipinski definition) is 1. The Bertz CT molecular complexity index is 249. The smallest absolute Gasteiger partial charge is 0.0858 e. The van der Waals surface area contributed by atoms with Crippen LogP contribution in [-0.2, 0) is 0 Å². The average molecular weight is 179 g/mol. The molecule has 2 atom stereocenters. The number of hydrogen-bond acceptors (Lipinski definition) is 2. The molecule has 2 saturated carbocycles. The van der Waals surface area contributed by atoms with Gasteiger partial charge in [-0.05, 0) is 32.6 Å². The summed E-state index contributed by atoms with van der Waals surface area (Å²) in [6.07, 6.45) is 6.71. The van der Waals surface area contributed by atoms with Gasteiger partial charge in [0, 0.05) is 5.41 Å². The zero-order valence-corrected chi connectivity index (χ0v) is 8.21. The van der Waals surface area contributed by atoms with E-state index in [1.807, 2.05) is 6.92 Å². The summed E-state index contributed by atoms with van der Waals surface area (Å²) in [6, 6.07) is 2.21. The molecule has 2 aliphatic rings. The van der Waals surface area contributed by atoms with E-state index in [9.17, 15) is 5.11 Å². The summed E-state index contributed by atoms with van der Waals surface area (Å²) in [5.41, 5.74) is -0.527. The molecule has 2 rings (SSSR count). The van der Waals surface area contributed by atoms with Gasteiger partial charge in [0.25, 0.3) is 0 Å². The van der Waals surface area contributed by atoms with Crippen molar-refractivity contribution in [2.75, 3.05) is 0 Å². The summed E-state index contributed by atoms with van der Waals surface area (Å²) < 4.78 is 0. The third-order valence-electron chi connectivity index (χ3n) is 4.37. The van der Waals surface area contributed by atoms with Crippen LogP contribution in [0.5, 0.6) is 0 Å². The van der Waals surface area contributed by atoms with Crippen LogP contribution in [-0.4, -0.2) is 10.7 Å². The van der Waals surface area contributed by atoms with Gasteiger partial charge in [-0.3, -0.25) is 0 Å². The minimum Gasteiger partial charge on any atom is -0.388 e. The van der Waals surface area contributed by atoms with Crippen molar-refractivity contribution in [1.82, 2.24) is 0 Å². The fourth-order valence-corrected chi connectivity index (χ4v) is 3.25. The molecular formula is C11H17NO. The quantitative estimate of drug-likeness (QED) is 0.670. The van der Waals surface area contributed by atoms with Gasteiger partial charge in [0.15, 0.2) is 0 Å². The predicted molar refractivity (Wildman–Crippen MR) is 49.9 cm³/mol. The second-order valence-corrected chi connectivity index (χ2v) is 4.76. The fourth-order valence-electron chi connectivity index (χ4n) is 3.25. The van der Waals surface area contributed by atoms with Crippen LogP contribution in [0.2, 0.25) is 0 Å². The van der Waals surface area contributed by atoms with Gasteiger partial charge >= 0.3 is 0 Å². The van der Waals surface area contributed by atoms with Crippen LogP contribution in [0.15, 0.2) is 0 Å². The van der Waals surface area contributed by atoms with Gasteiger partial charge in [-0.2, -0.15) is 5.26 Å². The highest BCUT2D eigenvalue weighted by Crippen LogP contribution is 2.62. The Labute approximate surface area is 79.6 Å². The summed E-state index contributed by atoms with van der Waals surface area (Å²) in [4.78, 5) is 0. The molecule has 0 bridgehead atoms. The minimum absolute atomic E-state index is 0.127. The van der Waals surface area contributed by atoms with Crippen molar-refractivity contribution in [3.63, 3.8) is 0 Å². The van der Waals surface area contributed by atoms with Gasteiger partial charge in [-0.1, -0.05) is 12.8 Å². The summed E-state index contributed by atoms with van der Waals surface area (Å²) in [5.74, 6) is -0.195. The molecule has 0 saturated heterocycles. The number of nitrogens with zero attached hydrogens (tertiary/aromatic N) is 1. The fraction of sp³-hybridized carbons (Fsp3) is 0.909. The molecular weight excluding hydrogens is 162 g/mol. The molecule has 1 N–H and O–H groups in total. The van der Waals surface area contributed by atoms with E-state index in [1.54, 1.807) is 0 Å². The highest BCUT2D eigenvalue weighted by molar-refractivity contribution is 5.15. The van der Waals surface area contributed by atoms with Crippen molar-refractivity contribution in [2.24, 2.45) is 11.3 Å². The lowest BCUT2D eigenvalue weighted by molar-refractivity contribution is -0.184. The second-order valence-electron chi connectivity index (χ2n) is 4.76. The predicted octanol–water partition coefficient (Wildman–Crippen LogP) is 2.23. The zero-order chi connectivity index (χ0) is 9.53. The van der Waals surface area contributed by atoms with E-state index in [4.69, 9.17) is 5.26 Å². The zero-order valence-electron chi connectivity index (χ0n) is 8.21.